The topological polar surface area (TPSA) is 90.4 Å². The van der Waals surface area contributed by atoms with E-state index in [0.29, 0.717) is 22.2 Å². The Kier molecular flexibility index (Phi) is 4.52. The number of aromatic nitrogens is 2. The highest BCUT2D eigenvalue weighted by Crippen LogP contribution is 2.23. The average Bonchev–Trinajstić information content (AvgIpc) is 3.09. The van der Waals surface area contributed by atoms with Gasteiger partial charge < -0.3 is 18.9 Å². The van der Waals surface area contributed by atoms with Gasteiger partial charge in [0.15, 0.2) is 6.61 Å². The van der Waals surface area contributed by atoms with Crippen molar-refractivity contribution >= 4 is 34.3 Å². The van der Waals surface area contributed by atoms with E-state index in [0.717, 1.165) is 16.6 Å². The highest BCUT2D eigenvalue weighted by molar-refractivity contribution is 6.30. The predicted octanol–water partition coefficient (Wildman–Crippen LogP) is 4.46. The van der Waals surface area contributed by atoms with Crippen molar-refractivity contribution in [3.05, 3.63) is 75.4 Å². The monoisotopic (exact) mass is 383 g/mol. The minimum Gasteiger partial charge on any atom is -0.484 e. The Labute approximate surface area is 158 Å². The Morgan fingerprint density at radius 2 is 1.89 bits per heavy atom. The molecule has 2 heterocycles. The van der Waals surface area contributed by atoms with Crippen LogP contribution in [0.3, 0.4) is 0 Å². The zero-order valence-corrected chi connectivity index (χ0v) is 15.0. The lowest BCUT2D eigenvalue weighted by Gasteiger charge is -2.05. The Morgan fingerprint density at radius 3 is 2.70 bits per heavy atom. The summed E-state index contributed by atoms with van der Waals surface area (Å²) < 4.78 is 16.4. The van der Waals surface area contributed by atoms with Crippen LogP contribution in [0, 0.1) is 6.92 Å². The van der Waals surface area contributed by atoms with E-state index in [2.05, 4.69) is 15.5 Å². The second-order valence-corrected chi connectivity index (χ2v) is 6.26. The number of rotatable bonds is 5. The summed E-state index contributed by atoms with van der Waals surface area (Å²) in [6.07, 6.45) is 0. The van der Waals surface area contributed by atoms with E-state index in [4.69, 9.17) is 25.2 Å². The maximum atomic E-state index is 11.5. The summed E-state index contributed by atoms with van der Waals surface area (Å²) >= 11 is 5.85. The molecule has 7 nitrogen and oxygen atoms in total. The zero-order chi connectivity index (χ0) is 18.8. The maximum absolute atomic E-state index is 11.5. The van der Waals surface area contributed by atoms with Crippen molar-refractivity contribution in [1.29, 1.82) is 0 Å². The SMILES string of the molecule is Cc1cc(=O)oc2cc(OCc3nnc(Nc4ccc(Cl)cc4)o3)ccc12. The van der Waals surface area contributed by atoms with Gasteiger partial charge in [0, 0.05) is 28.2 Å². The van der Waals surface area contributed by atoms with Gasteiger partial charge in [-0.15, -0.1) is 5.10 Å². The predicted molar refractivity (Wildman–Crippen MR) is 101 cm³/mol. The summed E-state index contributed by atoms with van der Waals surface area (Å²) in [7, 11) is 0. The summed E-state index contributed by atoms with van der Waals surface area (Å²) in [5.41, 5.74) is 1.69. The number of hydrogen-bond acceptors (Lipinski definition) is 7. The van der Waals surface area contributed by atoms with Gasteiger partial charge in [0.05, 0.1) is 0 Å². The molecule has 0 saturated carbocycles. The third-order valence-electron chi connectivity index (χ3n) is 3.85. The summed E-state index contributed by atoms with van der Waals surface area (Å²) in [6, 6.07) is 14.1. The molecule has 4 rings (SSSR count). The van der Waals surface area contributed by atoms with E-state index < -0.39 is 5.63 Å². The number of halogens is 1. The fourth-order valence-electron chi connectivity index (χ4n) is 2.56. The summed E-state index contributed by atoms with van der Waals surface area (Å²) in [6.45, 7) is 1.93. The highest BCUT2D eigenvalue weighted by atomic mass is 35.5. The highest BCUT2D eigenvalue weighted by Gasteiger charge is 2.09. The van der Waals surface area contributed by atoms with E-state index in [1.807, 2.05) is 13.0 Å². The molecule has 0 saturated heterocycles. The molecule has 0 aliphatic heterocycles. The summed E-state index contributed by atoms with van der Waals surface area (Å²) in [5, 5.41) is 12.3. The second-order valence-electron chi connectivity index (χ2n) is 5.83. The van der Waals surface area contributed by atoms with Gasteiger partial charge in [-0.25, -0.2) is 4.79 Å². The minimum atomic E-state index is -0.396. The molecule has 0 aliphatic carbocycles. The molecule has 0 atom stereocenters. The van der Waals surface area contributed by atoms with Crippen LogP contribution in [0.1, 0.15) is 11.5 Å². The standard InChI is InChI=1S/C19H14ClN3O4/c1-11-8-18(24)26-16-9-14(6-7-15(11)16)25-10-17-22-23-19(27-17)21-13-4-2-12(20)3-5-13/h2-9H,10H2,1H3,(H,21,23). The molecular formula is C19H14ClN3O4. The van der Waals surface area contributed by atoms with Gasteiger partial charge in [-0.05, 0) is 48.9 Å². The number of ether oxygens (including phenoxy) is 1. The van der Waals surface area contributed by atoms with Crippen molar-refractivity contribution in [2.24, 2.45) is 0 Å². The van der Waals surface area contributed by atoms with Crippen molar-refractivity contribution in [1.82, 2.24) is 10.2 Å². The molecular weight excluding hydrogens is 370 g/mol. The van der Waals surface area contributed by atoms with Crippen LogP contribution >= 0.6 is 11.6 Å². The van der Waals surface area contributed by atoms with Crippen LogP contribution in [0.25, 0.3) is 11.0 Å². The van der Waals surface area contributed by atoms with Crippen LogP contribution < -0.4 is 15.7 Å². The van der Waals surface area contributed by atoms with Crippen LogP contribution in [-0.4, -0.2) is 10.2 Å². The first kappa shape index (κ1) is 17.1. The third-order valence-corrected chi connectivity index (χ3v) is 4.10. The maximum Gasteiger partial charge on any atom is 0.336 e. The second kappa shape index (κ2) is 7.13. The summed E-state index contributed by atoms with van der Waals surface area (Å²) in [5.74, 6) is 0.832. The molecule has 2 aromatic carbocycles. The lowest BCUT2D eigenvalue weighted by molar-refractivity contribution is 0.265. The zero-order valence-electron chi connectivity index (χ0n) is 14.2. The molecule has 0 amide bonds. The van der Waals surface area contributed by atoms with Gasteiger partial charge in [0.2, 0.25) is 0 Å². The Balaban J connectivity index is 1.44. The third kappa shape index (κ3) is 3.93. The van der Waals surface area contributed by atoms with Gasteiger partial charge in [0.25, 0.3) is 5.89 Å². The molecule has 27 heavy (non-hydrogen) atoms. The molecule has 0 spiro atoms. The van der Waals surface area contributed by atoms with Crippen molar-refractivity contribution in [3.8, 4) is 5.75 Å². The first-order chi connectivity index (χ1) is 13.1. The quantitative estimate of drug-likeness (QED) is 0.509. The van der Waals surface area contributed by atoms with Gasteiger partial charge >= 0.3 is 11.6 Å². The lowest BCUT2D eigenvalue weighted by atomic mass is 10.1. The van der Waals surface area contributed by atoms with E-state index in [-0.39, 0.29) is 12.6 Å². The first-order valence-corrected chi connectivity index (χ1v) is 8.47. The molecule has 0 fully saturated rings. The number of fused-ring (bicyclic) bond motifs is 1. The first-order valence-electron chi connectivity index (χ1n) is 8.09. The van der Waals surface area contributed by atoms with Crippen molar-refractivity contribution in [2.75, 3.05) is 5.32 Å². The van der Waals surface area contributed by atoms with Gasteiger partial charge in [-0.1, -0.05) is 16.7 Å². The van der Waals surface area contributed by atoms with E-state index >= 15 is 0 Å². The molecule has 2 aromatic heterocycles. The van der Waals surface area contributed by atoms with Crippen LogP contribution in [0.15, 0.2) is 62.2 Å². The van der Waals surface area contributed by atoms with Crippen LogP contribution in [0.5, 0.6) is 5.75 Å². The largest absolute Gasteiger partial charge is 0.484 e. The van der Waals surface area contributed by atoms with Crippen LogP contribution in [0.2, 0.25) is 5.02 Å². The number of nitrogens with one attached hydrogen (secondary N) is 1. The Bertz CT molecular complexity index is 1150. The molecule has 4 aromatic rings. The fourth-order valence-corrected chi connectivity index (χ4v) is 2.69. The fraction of sp³-hybridized carbons (Fsp3) is 0.105. The van der Waals surface area contributed by atoms with E-state index in [1.54, 1.807) is 36.4 Å². The van der Waals surface area contributed by atoms with Crippen molar-refractivity contribution < 1.29 is 13.6 Å². The molecule has 0 radical (unpaired) electrons. The van der Waals surface area contributed by atoms with Crippen molar-refractivity contribution in [2.45, 2.75) is 13.5 Å². The number of anilines is 2. The van der Waals surface area contributed by atoms with E-state index in [1.165, 1.54) is 6.07 Å². The normalized spacial score (nSPS) is 10.9. The molecule has 0 unspecified atom stereocenters. The Morgan fingerprint density at radius 1 is 1.07 bits per heavy atom. The molecule has 1 N–H and O–H groups in total. The van der Waals surface area contributed by atoms with Crippen molar-refractivity contribution in [3.63, 3.8) is 0 Å². The smallest absolute Gasteiger partial charge is 0.336 e. The molecule has 0 aliphatic rings. The van der Waals surface area contributed by atoms with Gasteiger partial charge in [-0.3, -0.25) is 0 Å². The number of nitrogens with zero attached hydrogens (tertiary/aromatic N) is 2. The number of hydrogen-bond donors (Lipinski definition) is 1. The van der Waals surface area contributed by atoms with Gasteiger partial charge in [0.1, 0.15) is 11.3 Å². The Hall–Kier alpha value is -3.32. The minimum absolute atomic E-state index is 0.0802. The summed E-state index contributed by atoms with van der Waals surface area (Å²) in [4.78, 5) is 11.5. The van der Waals surface area contributed by atoms with Gasteiger partial charge in [-0.2, -0.15) is 0 Å². The van der Waals surface area contributed by atoms with Crippen LogP contribution in [0.4, 0.5) is 11.7 Å². The molecule has 136 valence electrons. The number of benzene rings is 2. The lowest BCUT2D eigenvalue weighted by Crippen LogP contribution is -1.99. The molecule has 8 heteroatoms. The average molecular weight is 384 g/mol. The molecule has 0 bridgehead atoms. The van der Waals surface area contributed by atoms with E-state index in [9.17, 15) is 4.79 Å². The van der Waals surface area contributed by atoms with Crippen LogP contribution in [-0.2, 0) is 6.61 Å². The number of aryl methyl sites for hydroxylation is 1.